The molecule has 116 valence electrons. The first-order chi connectivity index (χ1) is 10.5. The number of halogens is 2. The van der Waals surface area contributed by atoms with Crippen LogP contribution in [0.1, 0.15) is 16.9 Å². The number of aryl methyl sites for hydroxylation is 2. The van der Waals surface area contributed by atoms with Crippen molar-refractivity contribution in [1.82, 2.24) is 5.43 Å². The zero-order valence-corrected chi connectivity index (χ0v) is 15.8. The lowest BCUT2D eigenvalue weighted by Gasteiger charge is -2.11. The van der Waals surface area contributed by atoms with Crippen LogP contribution < -0.4 is 10.2 Å². The fourth-order valence-electron chi connectivity index (χ4n) is 1.86. The SMILES string of the molecule is Cc1cc(Br)cc(C)c1OCC(=O)N/N=C/c1ccc(I)o1. The van der Waals surface area contributed by atoms with Crippen molar-refractivity contribution in [2.24, 2.45) is 5.10 Å². The molecule has 22 heavy (non-hydrogen) atoms. The number of carbonyl (C=O) groups is 1. The number of ether oxygens (including phenoxy) is 1. The predicted molar refractivity (Wildman–Crippen MR) is 96.3 cm³/mol. The molecule has 1 aromatic carbocycles. The number of carbonyl (C=O) groups excluding carboxylic acids is 1. The number of amides is 1. The third-order valence-corrected chi connectivity index (χ3v) is 3.79. The number of benzene rings is 1. The average Bonchev–Trinajstić information content (AvgIpc) is 2.83. The van der Waals surface area contributed by atoms with Crippen molar-refractivity contribution < 1.29 is 13.9 Å². The summed E-state index contributed by atoms with van der Waals surface area (Å²) in [6.45, 7) is 3.76. The number of nitrogens with zero attached hydrogens (tertiary/aromatic N) is 1. The minimum Gasteiger partial charge on any atom is -0.483 e. The normalized spacial score (nSPS) is 10.9. The van der Waals surface area contributed by atoms with Gasteiger partial charge >= 0.3 is 0 Å². The molecule has 0 aliphatic heterocycles. The molecule has 0 fully saturated rings. The van der Waals surface area contributed by atoms with Gasteiger partial charge < -0.3 is 9.15 Å². The quantitative estimate of drug-likeness (QED) is 0.405. The van der Waals surface area contributed by atoms with Gasteiger partial charge in [-0.1, -0.05) is 15.9 Å². The van der Waals surface area contributed by atoms with Gasteiger partial charge in [-0.25, -0.2) is 5.43 Å². The van der Waals surface area contributed by atoms with Crippen molar-refractivity contribution in [3.63, 3.8) is 0 Å². The van der Waals surface area contributed by atoms with Crippen LogP contribution in [-0.2, 0) is 4.79 Å². The van der Waals surface area contributed by atoms with Gasteiger partial charge in [0, 0.05) is 4.47 Å². The van der Waals surface area contributed by atoms with E-state index in [1.54, 1.807) is 6.07 Å². The third-order valence-electron chi connectivity index (χ3n) is 2.75. The molecule has 5 nitrogen and oxygen atoms in total. The van der Waals surface area contributed by atoms with Crippen LogP contribution in [-0.4, -0.2) is 18.7 Å². The van der Waals surface area contributed by atoms with Crippen molar-refractivity contribution in [1.29, 1.82) is 0 Å². The molecular weight excluding hydrogens is 463 g/mol. The zero-order chi connectivity index (χ0) is 16.1. The standard InChI is InChI=1S/C15H14BrIN2O3/c1-9-5-11(16)6-10(2)15(9)21-8-14(20)19-18-7-12-3-4-13(17)22-12/h3-7H,8H2,1-2H3,(H,19,20)/b18-7+. The first kappa shape index (κ1) is 17.0. The number of furan rings is 1. The highest BCUT2D eigenvalue weighted by Crippen LogP contribution is 2.27. The van der Waals surface area contributed by atoms with Gasteiger partial charge in [0.2, 0.25) is 0 Å². The molecule has 0 saturated heterocycles. The molecule has 0 bridgehead atoms. The van der Waals surface area contributed by atoms with Crippen molar-refractivity contribution in [2.75, 3.05) is 6.61 Å². The topological polar surface area (TPSA) is 63.8 Å². The Balaban J connectivity index is 1.87. The van der Waals surface area contributed by atoms with Gasteiger partial charge in [-0.3, -0.25) is 4.79 Å². The second kappa shape index (κ2) is 7.77. The fourth-order valence-corrected chi connectivity index (χ4v) is 2.98. The summed E-state index contributed by atoms with van der Waals surface area (Å²) in [5, 5.41) is 3.82. The number of nitrogens with one attached hydrogen (secondary N) is 1. The maximum Gasteiger partial charge on any atom is 0.277 e. The molecule has 1 aromatic heterocycles. The second-order valence-corrected chi connectivity index (χ2v) is 6.57. The summed E-state index contributed by atoms with van der Waals surface area (Å²) in [4.78, 5) is 11.7. The number of hydrogen-bond donors (Lipinski definition) is 1. The smallest absolute Gasteiger partial charge is 0.277 e. The van der Waals surface area contributed by atoms with E-state index in [0.29, 0.717) is 11.5 Å². The molecule has 2 rings (SSSR count). The van der Waals surface area contributed by atoms with E-state index in [9.17, 15) is 4.79 Å². The van der Waals surface area contributed by atoms with Crippen LogP contribution in [0.4, 0.5) is 0 Å². The molecule has 7 heteroatoms. The summed E-state index contributed by atoms with van der Waals surface area (Å²) in [7, 11) is 0. The molecule has 0 aliphatic carbocycles. The maximum atomic E-state index is 11.7. The Morgan fingerprint density at radius 2 is 2.09 bits per heavy atom. The van der Waals surface area contributed by atoms with E-state index >= 15 is 0 Å². The van der Waals surface area contributed by atoms with Crippen LogP contribution in [0.3, 0.4) is 0 Å². The Labute approximate surface area is 150 Å². The Hall–Kier alpha value is -1.35. The Kier molecular flexibility index (Phi) is 6.01. The summed E-state index contributed by atoms with van der Waals surface area (Å²) in [6, 6.07) is 7.46. The lowest BCUT2D eigenvalue weighted by Crippen LogP contribution is -2.25. The van der Waals surface area contributed by atoms with Crippen LogP contribution in [0, 0.1) is 17.6 Å². The summed E-state index contributed by atoms with van der Waals surface area (Å²) in [5.74, 6) is 0.951. The minimum absolute atomic E-state index is 0.101. The number of hydrazone groups is 1. The molecule has 0 spiro atoms. The molecule has 0 radical (unpaired) electrons. The van der Waals surface area contributed by atoms with Crippen molar-refractivity contribution in [2.45, 2.75) is 13.8 Å². The van der Waals surface area contributed by atoms with Crippen LogP contribution in [0.15, 0.2) is 38.3 Å². The summed E-state index contributed by atoms with van der Waals surface area (Å²) in [5.41, 5.74) is 4.33. The molecule has 2 aromatic rings. The van der Waals surface area contributed by atoms with Crippen molar-refractivity contribution in [3.05, 3.63) is 49.4 Å². The largest absolute Gasteiger partial charge is 0.483 e. The highest BCUT2D eigenvalue weighted by atomic mass is 127. The first-order valence-electron chi connectivity index (χ1n) is 6.42. The first-order valence-corrected chi connectivity index (χ1v) is 8.29. The molecular formula is C15H14BrIN2O3. The van der Waals surface area contributed by atoms with E-state index in [2.05, 4.69) is 49.0 Å². The Morgan fingerprint density at radius 1 is 1.41 bits per heavy atom. The third kappa shape index (κ3) is 4.84. The van der Waals surface area contributed by atoms with Gasteiger partial charge in [-0.15, -0.1) is 0 Å². The monoisotopic (exact) mass is 476 g/mol. The van der Waals surface area contributed by atoms with E-state index in [0.717, 1.165) is 19.4 Å². The van der Waals surface area contributed by atoms with Crippen molar-refractivity contribution in [3.8, 4) is 5.75 Å². The van der Waals surface area contributed by atoms with Crippen LogP contribution in [0.2, 0.25) is 0 Å². The molecule has 1 N–H and O–H groups in total. The Bertz CT molecular complexity index is 690. The lowest BCUT2D eigenvalue weighted by atomic mass is 10.1. The molecule has 0 aliphatic rings. The number of rotatable bonds is 5. The van der Waals surface area contributed by atoms with Gasteiger partial charge in [-0.2, -0.15) is 5.10 Å². The molecule has 0 saturated carbocycles. The lowest BCUT2D eigenvalue weighted by molar-refractivity contribution is -0.123. The fraction of sp³-hybridized carbons (Fsp3) is 0.200. The van der Waals surface area contributed by atoms with Crippen LogP contribution in [0.25, 0.3) is 0 Å². The van der Waals surface area contributed by atoms with Gasteiger partial charge in [0.15, 0.2) is 10.4 Å². The van der Waals surface area contributed by atoms with Gasteiger partial charge in [-0.05, 0) is 71.8 Å². The van der Waals surface area contributed by atoms with Crippen LogP contribution in [0.5, 0.6) is 5.75 Å². The zero-order valence-electron chi connectivity index (χ0n) is 12.0. The second-order valence-electron chi connectivity index (χ2n) is 4.59. The van der Waals surface area contributed by atoms with Crippen molar-refractivity contribution >= 4 is 50.6 Å². The number of hydrogen-bond acceptors (Lipinski definition) is 4. The minimum atomic E-state index is -0.334. The Morgan fingerprint density at radius 3 is 2.68 bits per heavy atom. The molecule has 1 amide bonds. The van der Waals surface area contributed by atoms with Crippen LogP contribution >= 0.6 is 38.5 Å². The summed E-state index contributed by atoms with van der Waals surface area (Å²) >= 11 is 5.48. The molecule has 0 unspecified atom stereocenters. The molecule has 0 atom stereocenters. The van der Waals surface area contributed by atoms with E-state index in [1.807, 2.05) is 32.0 Å². The average molecular weight is 477 g/mol. The van der Waals surface area contributed by atoms with E-state index in [4.69, 9.17) is 9.15 Å². The summed E-state index contributed by atoms with van der Waals surface area (Å²) in [6.07, 6.45) is 1.44. The highest BCUT2D eigenvalue weighted by Gasteiger charge is 2.08. The highest BCUT2D eigenvalue weighted by molar-refractivity contribution is 14.1. The molecule has 1 heterocycles. The van der Waals surface area contributed by atoms with E-state index < -0.39 is 0 Å². The predicted octanol–water partition coefficient (Wildman–Crippen LogP) is 3.79. The van der Waals surface area contributed by atoms with Gasteiger partial charge in [0.05, 0.1) is 6.21 Å². The van der Waals surface area contributed by atoms with Gasteiger partial charge in [0.25, 0.3) is 5.91 Å². The van der Waals surface area contributed by atoms with E-state index in [-0.39, 0.29) is 12.5 Å². The van der Waals surface area contributed by atoms with E-state index in [1.165, 1.54) is 6.21 Å². The summed E-state index contributed by atoms with van der Waals surface area (Å²) < 4.78 is 12.6. The maximum absolute atomic E-state index is 11.7. The van der Waals surface area contributed by atoms with Gasteiger partial charge in [0.1, 0.15) is 11.5 Å².